The molecule has 1 aromatic heterocycles. The third-order valence-electron chi connectivity index (χ3n) is 4.59. The van der Waals surface area contributed by atoms with Crippen molar-refractivity contribution in [1.82, 2.24) is 14.4 Å². The van der Waals surface area contributed by atoms with Crippen LogP contribution in [0.4, 0.5) is 0 Å². The zero-order valence-corrected chi connectivity index (χ0v) is 15.4. The molecule has 0 radical (unpaired) electrons. The second-order valence-electron chi connectivity index (χ2n) is 6.90. The first-order chi connectivity index (χ1) is 12.3. The van der Waals surface area contributed by atoms with E-state index < -0.39 is 0 Å². The van der Waals surface area contributed by atoms with Crippen molar-refractivity contribution in [2.75, 3.05) is 19.6 Å². The summed E-state index contributed by atoms with van der Waals surface area (Å²) in [7, 11) is 1.60. The lowest BCUT2D eigenvalue weighted by molar-refractivity contribution is -0.135. The number of pyridine rings is 1. The molecule has 1 aromatic carbocycles. The number of piperazine rings is 1. The van der Waals surface area contributed by atoms with Crippen LogP contribution in [0.15, 0.2) is 41.3 Å². The Bertz CT molecular complexity index is 897. The van der Waals surface area contributed by atoms with Gasteiger partial charge in [0.2, 0.25) is 11.5 Å². The van der Waals surface area contributed by atoms with Crippen molar-refractivity contribution < 1.29 is 9.59 Å². The lowest BCUT2D eigenvalue weighted by atomic mass is 10.1. The number of amides is 2. The summed E-state index contributed by atoms with van der Waals surface area (Å²) >= 11 is 0. The zero-order chi connectivity index (χ0) is 18.8. The lowest BCUT2D eigenvalue weighted by Gasteiger charge is -2.34. The van der Waals surface area contributed by atoms with Gasteiger partial charge in [-0.3, -0.25) is 14.4 Å². The van der Waals surface area contributed by atoms with Crippen LogP contribution in [0.25, 0.3) is 0 Å². The van der Waals surface area contributed by atoms with Gasteiger partial charge in [-0.1, -0.05) is 29.3 Å². The average molecular weight is 353 g/mol. The summed E-state index contributed by atoms with van der Waals surface area (Å²) < 4.78 is 1.37. The van der Waals surface area contributed by atoms with E-state index in [4.69, 9.17) is 0 Å². The molecule has 0 aliphatic carbocycles. The number of benzene rings is 1. The molecule has 0 atom stereocenters. The highest BCUT2D eigenvalue weighted by Gasteiger charge is 2.28. The van der Waals surface area contributed by atoms with E-state index in [1.165, 1.54) is 34.0 Å². The Morgan fingerprint density at radius 3 is 2.35 bits per heavy atom. The first kappa shape index (κ1) is 17.9. The van der Waals surface area contributed by atoms with E-state index >= 15 is 0 Å². The largest absolute Gasteiger partial charge is 0.335 e. The lowest BCUT2D eigenvalue weighted by Crippen LogP contribution is -2.51. The summed E-state index contributed by atoms with van der Waals surface area (Å²) in [6, 6.07) is 9.15. The van der Waals surface area contributed by atoms with Gasteiger partial charge in [-0.25, -0.2) is 0 Å². The Morgan fingerprint density at radius 1 is 1.04 bits per heavy atom. The first-order valence-electron chi connectivity index (χ1n) is 8.64. The van der Waals surface area contributed by atoms with Gasteiger partial charge in [0.1, 0.15) is 6.54 Å². The summed E-state index contributed by atoms with van der Waals surface area (Å²) in [5.41, 5.74) is 3.71. The maximum atomic E-state index is 12.6. The van der Waals surface area contributed by atoms with Crippen molar-refractivity contribution in [2.24, 2.45) is 7.05 Å². The third kappa shape index (κ3) is 3.85. The average Bonchev–Trinajstić information content (AvgIpc) is 2.57. The van der Waals surface area contributed by atoms with Crippen molar-refractivity contribution in [3.63, 3.8) is 0 Å². The monoisotopic (exact) mass is 353 g/mol. The number of hydrogen-bond donors (Lipinski definition) is 0. The van der Waals surface area contributed by atoms with Gasteiger partial charge in [-0.2, -0.15) is 0 Å². The predicted molar refractivity (Wildman–Crippen MR) is 98.9 cm³/mol. The highest BCUT2D eigenvalue weighted by Crippen LogP contribution is 2.15. The molecule has 2 aromatic rings. The normalized spacial score (nSPS) is 14.7. The maximum Gasteiger partial charge on any atom is 0.255 e. The Kier molecular flexibility index (Phi) is 4.93. The van der Waals surface area contributed by atoms with Gasteiger partial charge in [-0.05, 0) is 25.5 Å². The Labute approximate surface area is 152 Å². The highest BCUT2D eigenvalue weighted by molar-refractivity contribution is 5.96. The molecule has 0 unspecified atom stereocenters. The minimum absolute atomic E-state index is 0.0615. The minimum Gasteiger partial charge on any atom is -0.335 e. The van der Waals surface area contributed by atoms with Crippen LogP contribution in [-0.2, 0) is 18.4 Å². The fourth-order valence-corrected chi connectivity index (χ4v) is 3.33. The van der Waals surface area contributed by atoms with Crippen LogP contribution in [-0.4, -0.2) is 45.8 Å². The second-order valence-corrected chi connectivity index (χ2v) is 6.90. The van der Waals surface area contributed by atoms with Gasteiger partial charge in [0, 0.05) is 38.9 Å². The van der Waals surface area contributed by atoms with Crippen molar-refractivity contribution >= 4 is 11.8 Å². The number of hydrogen-bond acceptors (Lipinski definition) is 3. The van der Waals surface area contributed by atoms with Gasteiger partial charge in [-0.15, -0.1) is 0 Å². The number of rotatable bonds is 3. The number of aryl methyl sites for hydroxylation is 3. The minimum atomic E-state index is -0.222. The van der Waals surface area contributed by atoms with E-state index in [0.717, 1.165) is 5.56 Å². The molecule has 26 heavy (non-hydrogen) atoms. The molecule has 1 aliphatic rings. The van der Waals surface area contributed by atoms with E-state index in [1.807, 2.05) is 13.8 Å². The Hall–Kier alpha value is -2.89. The molecule has 0 saturated carbocycles. The van der Waals surface area contributed by atoms with E-state index in [9.17, 15) is 14.4 Å². The molecule has 1 fully saturated rings. The van der Waals surface area contributed by atoms with Crippen LogP contribution in [0.1, 0.15) is 27.0 Å². The van der Waals surface area contributed by atoms with Crippen molar-refractivity contribution in [1.29, 1.82) is 0 Å². The molecule has 1 saturated heterocycles. The van der Waals surface area contributed by atoms with E-state index in [0.29, 0.717) is 25.2 Å². The first-order valence-corrected chi connectivity index (χ1v) is 8.64. The number of carbonyl (C=O) groups is 2. The van der Waals surface area contributed by atoms with Crippen LogP contribution in [0.2, 0.25) is 0 Å². The smallest absolute Gasteiger partial charge is 0.255 e. The summed E-state index contributed by atoms with van der Waals surface area (Å²) in [5.74, 6) is -0.284. The van der Waals surface area contributed by atoms with Gasteiger partial charge in [0.05, 0.1) is 5.56 Å². The van der Waals surface area contributed by atoms with Gasteiger partial charge < -0.3 is 14.4 Å². The number of aromatic nitrogens is 1. The summed E-state index contributed by atoms with van der Waals surface area (Å²) in [6.07, 6.45) is 1.51. The molecule has 6 nitrogen and oxygen atoms in total. The highest BCUT2D eigenvalue weighted by atomic mass is 16.2. The molecule has 0 bridgehead atoms. The van der Waals surface area contributed by atoms with Crippen molar-refractivity contribution in [3.05, 3.63) is 69.1 Å². The predicted octanol–water partition coefficient (Wildman–Crippen LogP) is 1.49. The number of carbonyl (C=O) groups excluding carboxylic acids is 2. The number of nitrogens with zero attached hydrogens (tertiary/aromatic N) is 3. The van der Waals surface area contributed by atoms with Crippen molar-refractivity contribution in [2.45, 2.75) is 20.4 Å². The molecule has 0 spiro atoms. The van der Waals surface area contributed by atoms with E-state index in [2.05, 4.69) is 18.2 Å². The van der Waals surface area contributed by atoms with Gasteiger partial charge >= 0.3 is 0 Å². The molecule has 3 rings (SSSR count). The maximum absolute atomic E-state index is 12.6. The third-order valence-corrected chi connectivity index (χ3v) is 4.59. The quantitative estimate of drug-likeness (QED) is 0.840. The van der Waals surface area contributed by atoms with Crippen LogP contribution in [0, 0.1) is 13.8 Å². The molecule has 0 N–H and O–H groups in total. The SMILES string of the molecule is Cc1cc(C)cc(CN2CCN(C(=O)c3ccc(=O)n(C)c3)CC2=O)c1. The molecular formula is C20H23N3O3. The summed E-state index contributed by atoms with van der Waals surface area (Å²) in [4.78, 5) is 39.9. The second kappa shape index (κ2) is 7.15. The molecule has 6 heteroatoms. The zero-order valence-electron chi connectivity index (χ0n) is 15.4. The van der Waals surface area contributed by atoms with Crippen LogP contribution in [0.5, 0.6) is 0 Å². The molecule has 1 aliphatic heterocycles. The molecular weight excluding hydrogens is 330 g/mol. The fraction of sp³-hybridized carbons (Fsp3) is 0.350. The van der Waals surface area contributed by atoms with Crippen molar-refractivity contribution in [3.8, 4) is 0 Å². The standard InChI is InChI=1S/C20H23N3O3/c1-14-8-15(2)10-16(9-14)11-22-6-7-23(13-19(22)25)20(26)17-4-5-18(24)21(3)12-17/h4-5,8-10,12H,6-7,11,13H2,1-3H3. The van der Waals surface area contributed by atoms with E-state index in [-0.39, 0.29) is 23.9 Å². The Morgan fingerprint density at radius 2 is 1.73 bits per heavy atom. The summed E-state index contributed by atoms with van der Waals surface area (Å²) in [5, 5.41) is 0. The molecule has 2 heterocycles. The summed E-state index contributed by atoms with van der Waals surface area (Å²) in [6.45, 7) is 5.70. The van der Waals surface area contributed by atoms with Crippen LogP contribution in [0.3, 0.4) is 0 Å². The fourth-order valence-electron chi connectivity index (χ4n) is 3.33. The van der Waals surface area contributed by atoms with E-state index in [1.54, 1.807) is 16.8 Å². The van der Waals surface area contributed by atoms with Gasteiger partial charge in [0.15, 0.2) is 0 Å². The topological polar surface area (TPSA) is 62.6 Å². The van der Waals surface area contributed by atoms with Crippen LogP contribution >= 0.6 is 0 Å². The van der Waals surface area contributed by atoms with Gasteiger partial charge in [0.25, 0.3) is 5.91 Å². The Balaban J connectivity index is 1.68. The van der Waals surface area contributed by atoms with Crippen LogP contribution < -0.4 is 5.56 Å². The molecule has 136 valence electrons. The molecule has 2 amide bonds.